The first-order valence-corrected chi connectivity index (χ1v) is 2.72. The Hall–Kier alpha value is -1.14. The Morgan fingerprint density at radius 2 is 2.36 bits per heavy atom. The van der Waals surface area contributed by atoms with Gasteiger partial charge in [-0.25, -0.2) is 0 Å². The van der Waals surface area contributed by atoms with Crippen molar-refractivity contribution >= 4 is 11.2 Å². The summed E-state index contributed by atoms with van der Waals surface area (Å²) in [5.41, 5.74) is 1.38. The van der Waals surface area contributed by atoms with Crippen molar-refractivity contribution in [3.05, 3.63) is 18.1 Å². The van der Waals surface area contributed by atoms with E-state index in [0.29, 0.717) is 11.2 Å². The summed E-state index contributed by atoms with van der Waals surface area (Å²) in [6.07, 6.45) is 3.95. The van der Waals surface area contributed by atoms with Gasteiger partial charge in [0.15, 0.2) is 0 Å². The van der Waals surface area contributed by atoms with Gasteiger partial charge in [-0.3, -0.25) is 4.98 Å². The minimum Gasteiger partial charge on any atom is -0.436 e. The monoisotopic (exact) mass is 193 g/mol. The second kappa shape index (κ2) is 2.85. The minimum atomic E-state index is 0. The summed E-state index contributed by atoms with van der Waals surface area (Å²) >= 11 is 0. The Kier molecular flexibility index (Phi) is 2.06. The quantitative estimate of drug-likeness (QED) is 0.496. The van der Waals surface area contributed by atoms with Crippen molar-refractivity contribution in [3.8, 4) is 0 Å². The van der Waals surface area contributed by atoms with E-state index in [1.165, 1.54) is 6.33 Å². The minimum absolute atomic E-state index is 0. The maximum atomic E-state index is 7.25. The predicted octanol–water partition coefficient (Wildman–Crippen LogP) is -0.437. The van der Waals surface area contributed by atoms with Crippen LogP contribution >= 0.6 is 0 Å². The van der Waals surface area contributed by atoms with Crippen LogP contribution in [0.2, 0.25) is 0 Å². The van der Waals surface area contributed by atoms with Crippen molar-refractivity contribution in [2.75, 3.05) is 0 Å². The second-order valence-corrected chi connectivity index (χ2v) is 1.82. The van der Waals surface area contributed by atoms with E-state index in [1.54, 1.807) is 0 Å². The average Bonchev–Trinajstić information content (AvgIpc) is 2.36. The zero-order valence-corrected chi connectivity index (χ0v) is 6.35. The van der Waals surface area contributed by atoms with Crippen LogP contribution in [0, 0.1) is 11.7 Å². The van der Waals surface area contributed by atoms with Gasteiger partial charge in [-0.05, 0) is 0 Å². The third-order valence-corrected chi connectivity index (χ3v) is 1.22. The molecule has 0 bridgehead atoms. The molecule has 0 aliphatic rings. The first kappa shape index (κ1) is 7.96. The molecule has 0 saturated carbocycles. The molecule has 11 heavy (non-hydrogen) atoms. The molecule has 6 heteroatoms. The van der Waals surface area contributed by atoms with Crippen LogP contribution in [0.1, 0.15) is 0 Å². The Balaban J connectivity index is 0.000000605. The van der Waals surface area contributed by atoms with Crippen LogP contribution < -0.4 is 5.49 Å². The molecule has 0 unspecified atom stereocenters. The van der Waals surface area contributed by atoms with Crippen LogP contribution in [0.25, 0.3) is 11.2 Å². The molecule has 2 aromatic heterocycles. The Labute approximate surface area is 72.0 Å². The maximum Gasteiger partial charge on any atom is 0.0790 e. The number of hydrogen-bond acceptors (Lipinski definition) is 3. The number of H-pyrrole nitrogens is 2. The number of nitrogens with one attached hydrogen (secondary N) is 3. The molecule has 2 rings (SSSR count). The number of imidazole rings is 1. The normalized spacial score (nSPS) is 9.45. The summed E-state index contributed by atoms with van der Waals surface area (Å²) in [4.78, 5) is 12.9. The van der Waals surface area contributed by atoms with E-state index in [1.807, 2.05) is 0 Å². The van der Waals surface area contributed by atoms with Crippen molar-refractivity contribution in [1.82, 2.24) is 19.9 Å². The van der Waals surface area contributed by atoms with E-state index < -0.39 is 0 Å². The zero-order chi connectivity index (χ0) is 6.97. The molecule has 5 nitrogen and oxygen atoms in total. The van der Waals surface area contributed by atoms with Gasteiger partial charge in [0, 0.05) is 34.3 Å². The molecule has 1 radical (unpaired) electrons. The van der Waals surface area contributed by atoms with Gasteiger partial charge in [0.1, 0.15) is 0 Å². The maximum absolute atomic E-state index is 7.25. The average molecular weight is 193 g/mol. The molecule has 0 aliphatic carbocycles. The first-order chi connectivity index (χ1) is 4.88. The summed E-state index contributed by atoms with van der Waals surface area (Å²) in [6, 6.07) is 0. The smallest absolute Gasteiger partial charge is 0.0790 e. The Morgan fingerprint density at radius 1 is 1.55 bits per heavy atom. The number of rotatable bonds is 0. The van der Waals surface area contributed by atoms with Gasteiger partial charge >= 0.3 is 0 Å². The molecule has 59 valence electrons. The summed E-state index contributed by atoms with van der Waals surface area (Å²) in [5.74, 6) is 0. The summed E-state index contributed by atoms with van der Waals surface area (Å²) in [6.45, 7) is 0. The van der Waals surface area contributed by atoms with Gasteiger partial charge in [-0.2, -0.15) is 0 Å². The van der Waals surface area contributed by atoms with E-state index in [4.69, 9.17) is 5.41 Å². The standard InChI is InChI=1S/C5H4N5.Co/c6-4-3-5(9-1-7-3)10-2-8-4;/h1H,(H3,6,7,8,9,10);/q-1;. The van der Waals surface area contributed by atoms with Gasteiger partial charge in [-0.1, -0.05) is 0 Å². The van der Waals surface area contributed by atoms with Gasteiger partial charge in [-0.15, -0.1) is 0 Å². The van der Waals surface area contributed by atoms with E-state index >= 15 is 0 Å². The summed E-state index contributed by atoms with van der Waals surface area (Å²) < 4.78 is 0. The number of aromatic nitrogens is 4. The molecular weight excluding hydrogens is 189 g/mol. The van der Waals surface area contributed by atoms with Crippen molar-refractivity contribution in [1.29, 1.82) is 5.41 Å². The molecule has 3 N–H and O–H groups in total. The fourth-order valence-corrected chi connectivity index (χ4v) is 0.762. The van der Waals surface area contributed by atoms with E-state index in [9.17, 15) is 0 Å². The molecule has 0 amide bonds. The molecule has 2 heterocycles. The molecule has 0 spiro atoms. The van der Waals surface area contributed by atoms with Crippen molar-refractivity contribution in [2.24, 2.45) is 0 Å². The molecule has 0 aliphatic heterocycles. The van der Waals surface area contributed by atoms with Crippen LogP contribution in [0.3, 0.4) is 0 Å². The van der Waals surface area contributed by atoms with Crippen LogP contribution in [0.5, 0.6) is 0 Å². The van der Waals surface area contributed by atoms with Gasteiger partial charge in [0.2, 0.25) is 0 Å². The van der Waals surface area contributed by atoms with Crippen molar-refractivity contribution < 1.29 is 16.8 Å². The molecule has 0 atom stereocenters. The third kappa shape index (κ3) is 1.17. The van der Waals surface area contributed by atoms with E-state index in [-0.39, 0.29) is 22.3 Å². The van der Waals surface area contributed by atoms with Crippen LogP contribution in [-0.4, -0.2) is 19.9 Å². The Morgan fingerprint density at radius 3 is 3.09 bits per heavy atom. The molecule has 0 aromatic carbocycles. The van der Waals surface area contributed by atoms with Gasteiger partial charge in [0.05, 0.1) is 11.8 Å². The van der Waals surface area contributed by atoms with E-state index in [0.717, 1.165) is 0 Å². The van der Waals surface area contributed by atoms with Gasteiger partial charge in [0.25, 0.3) is 0 Å². The number of hydrogen-bond donors (Lipinski definition) is 3. The van der Waals surface area contributed by atoms with Gasteiger partial charge < -0.3 is 20.4 Å². The Bertz CT molecular complexity index is 402. The number of nitrogens with zero attached hydrogens (tertiary/aromatic N) is 2. The van der Waals surface area contributed by atoms with Crippen molar-refractivity contribution in [3.63, 3.8) is 0 Å². The van der Waals surface area contributed by atoms with Crippen molar-refractivity contribution in [2.45, 2.75) is 0 Å². The largest absolute Gasteiger partial charge is 0.436 e. The van der Waals surface area contributed by atoms with Crippen LogP contribution in [0.15, 0.2) is 6.33 Å². The molecular formula is C5H4CoN5-. The fourth-order valence-electron chi connectivity index (χ4n) is 0.762. The summed E-state index contributed by atoms with van der Waals surface area (Å²) in [7, 11) is 0. The van der Waals surface area contributed by atoms with Crippen LogP contribution in [0.4, 0.5) is 0 Å². The van der Waals surface area contributed by atoms with E-state index in [2.05, 4.69) is 26.3 Å². The molecule has 0 fully saturated rings. The fraction of sp³-hybridized carbons (Fsp3) is 0. The topological polar surface area (TPSA) is 81.2 Å². The first-order valence-electron chi connectivity index (χ1n) is 2.72. The number of fused-ring (bicyclic) bond motifs is 1. The van der Waals surface area contributed by atoms with Crippen LogP contribution in [-0.2, 0) is 16.8 Å². The third-order valence-electron chi connectivity index (χ3n) is 1.22. The summed E-state index contributed by atoms with van der Waals surface area (Å²) in [5, 5.41) is 7.25. The molecule has 0 saturated heterocycles. The molecule has 2 aromatic rings. The SMILES string of the molecule is N=c1n[c-][nH]c2nc[nH]c12.[Co]. The second-order valence-electron chi connectivity index (χ2n) is 1.82. The predicted molar refractivity (Wildman–Crippen MR) is 32.9 cm³/mol. The number of aromatic amines is 2. The zero-order valence-electron chi connectivity index (χ0n) is 5.31.